The van der Waals surface area contributed by atoms with Gasteiger partial charge < -0.3 is 0 Å². The highest BCUT2D eigenvalue weighted by Crippen LogP contribution is 2.24. The Hall–Kier alpha value is -2.64. The molecule has 102 valence electrons. The highest BCUT2D eigenvalue weighted by Gasteiger charge is 2.46. The van der Waals surface area contributed by atoms with E-state index in [9.17, 15) is 19.2 Å². The summed E-state index contributed by atoms with van der Waals surface area (Å²) in [6.45, 7) is 1.65. The Kier molecular flexibility index (Phi) is 2.60. The Balaban J connectivity index is 1.97. The van der Waals surface area contributed by atoms with Gasteiger partial charge in [0.25, 0.3) is 11.8 Å². The molecule has 2 aliphatic rings. The summed E-state index contributed by atoms with van der Waals surface area (Å²) < 4.78 is 0. The quantitative estimate of drug-likeness (QED) is 0.670. The van der Waals surface area contributed by atoms with Crippen LogP contribution < -0.4 is 5.32 Å². The van der Waals surface area contributed by atoms with Gasteiger partial charge in [-0.25, -0.2) is 9.97 Å². The fourth-order valence-corrected chi connectivity index (χ4v) is 2.31. The van der Waals surface area contributed by atoms with Crippen molar-refractivity contribution in [2.24, 2.45) is 0 Å². The van der Waals surface area contributed by atoms with Crippen LogP contribution in [0.25, 0.3) is 0 Å². The first-order valence-corrected chi connectivity index (χ1v) is 6.04. The van der Waals surface area contributed by atoms with Crippen LogP contribution in [-0.4, -0.2) is 44.5 Å². The standard InChI is InChI=1S/C12H10N4O4/c1-5-4-13-8-9(14-5)12(20)16(11(8)19)6-2-3-7(17)15-10(6)18/h4,6H,2-3H2,1H3,(H,15,17,18). The first kappa shape index (κ1) is 12.4. The molecule has 1 aromatic rings. The molecule has 1 N–H and O–H groups in total. The molecular formula is C12H10N4O4. The van der Waals surface area contributed by atoms with Crippen LogP contribution in [0.5, 0.6) is 0 Å². The third-order valence-electron chi connectivity index (χ3n) is 3.26. The van der Waals surface area contributed by atoms with Crippen LogP contribution >= 0.6 is 0 Å². The molecule has 0 aliphatic carbocycles. The summed E-state index contributed by atoms with van der Waals surface area (Å²) in [6, 6.07) is -0.982. The normalized spacial score (nSPS) is 22.1. The van der Waals surface area contributed by atoms with Crippen molar-refractivity contribution < 1.29 is 19.2 Å². The number of hydrogen-bond donors (Lipinski definition) is 1. The predicted octanol–water partition coefficient (Wildman–Crippen LogP) is -0.814. The lowest BCUT2D eigenvalue weighted by Gasteiger charge is -2.27. The lowest BCUT2D eigenvalue weighted by Crippen LogP contribution is -2.54. The van der Waals surface area contributed by atoms with Crippen LogP contribution in [0.4, 0.5) is 0 Å². The summed E-state index contributed by atoms with van der Waals surface area (Å²) in [5.41, 5.74) is 0.417. The number of amides is 4. The zero-order valence-electron chi connectivity index (χ0n) is 10.5. The molecule has 20 heavy (non-hydrogen) atoms. The second-order valence-corrected chi connectivity index (χ2v) is 4.66. The van der Waals surface area contributed by atoms with E-state index in [1.165, 1.54) is 6.20 Å². The van der Waals surface area contributed by atoms with Gasteiger partial charge in [0.05, 0.1) is 5.69 Å². The van der Waals surface area contributed by atoms with Crippen molar-refractivity contribution in [3.63, 3.8) is 0 Å². The minimum absolute atomic E-state index is 0.0419. The van der Waals surface area contributed by atoms with Crippen molar-refractivity contribution in [1.82, 2.24) is 20.2 Å². The van der Waals surface area contributed by atoms with Crippen molar-refractivity contribution in [2.75, 3.05) is 0 Å². The number of imide groups is 2. The van der Waals surface area contributed by atoms with Crippen LogP contribution in [0.3, 0.4) is 0 Å². The molecule has 1 saturated heterocycles. The van der Waals surface area contributed by atoms with Gasteiger partial charge in [-0.05, 0) is 13.3 Å². The predicted molar refractivity (Wildman–Crippen MR) is 63.4 cm³/mol. The first-order valence-electron chi connectivity index (χ1n) is 6.04. The zero-order valence-corrected chi connectivity index (χ0v) is 10.5. The van der Waals surface area contributed by atoms with Crippen molar-refractivity contribution in [3.8, 4) is 0 Å². The van der Waals surface area contributed by atoms with Gasteiger partial charge in [0.2, 0.25) is 11.8 Å². The molecule has 8 heteroatoms. The number of rotatable bonds is 1. The molecule has 0 spiro atoms. The largest absolute Gasteiger partial charge is 0.295 e. The van der Waals surface area contributed by atoms with Gasteiger partial charge in [0.15, 0.2) is 11.4 Å². The van der Waals surface area contributed by atoms with E-state index in [-0.39, 0.29) is 24.2 Å². The third-order valence-corrected chi connectivity index (χ3v) is 3.26. The zero-order chi connectivity index (χ0) is 14.4. The molecule has 3 rings (SSSR count). The highest BCUT2D eigenvalue weighted by atomic mass is 16.2. The molecule has 1 unspecified atom stereocenters. The number of nitrogens with zero attached hydrogens (tertiary/aromatic N) is 3. The van der Waals surface area contributed by atoms with E-state index in [0.29, 0.717) is 5.69 Å². The molecule has 1 fully saturated rings. The number of fused-ring (bicyclic) bond motifs is 1. The second-order valence-electron chi connectivity index (χ2n) is 4.66. The molecule has 0 saturated carbocycles. The summed E-state index contributed by atoms with van der Waals surface area (Å²) in [5, 5.41) is 2.12. The van der Waals surface area contributed by atoms with E-state index in [1.807, 2.05) is 0 Å². The summed E-state index contributed by atoms with van der Waals surface area (Å²) in [5.74, 6) is -2.34. The number of hydrogen-bond acceptors (Lipinski definition) is 6. The molecule has 8 nitrogen and oxygen atoms in total. The molecule has 0 aromatic carbocycles. The average Bonchev–Trinajstić information content (AvgIpc) is 2.63. The van der Waals surface area contributed by atoms with Crippen molar-refractivity contribution >= 4 is 23.6 Å². The van der Waals surface area contributed by atoms with Crippen molar-refractivity contribution in [1.29, 1.82) is 0 Å². The second kappa shape index (κ2) is 4.19. The van der Waals surface area contributed by atoms with E-state index < -0.39 is 29.7 Å². The Morgan fingerprint density at radius 3 is 2.60 bits per heavy atom. The summed E-state index contributed by atoms with van der Waals surface area (Å²) in [4.78, 5) is 56.0. The smallest absolute Gasteiger partial charge is 0.282 e. The topological polar surface area (TPSA) is 109 Å². The number of piperidine rings is 1. The fourth-order valence-electron chi connectivity index (χ4n) is 2.31. The minimum atomic E-state index is -0.982. The van der Waals surface area contributed by atoms with Crippen LogP contribution in [0.15, 0.2) is 6.20 Å². The maximum Gasteiger partial charge on any atom is 0.282 e. The van der Waals surface area contributed by atoms with Crippen molar-refractivity contribution in [2.45, 2.75) is 25.8 Å². The Bertz CT molecular complexity index is 669. The summed E-state index contributed by atoms with van der Waals surface area (Å²) in [7, 11) is 0. The van der Waals surface area contributed by atoms with Crippen molar-refractivity contribution in [3.05, 3.63) is 23.3 Å². The van der Waals surface area contributed by atoms with Crippen LogP contribution in [0, 0.1) is 6.92 Å². The third kappa shape index (κ3) is 1.68. The lowest BCUT2D eigenvalue weighted by molar-refractivity contribution is -0.136. The van der Waals surface area contributed by atoms with Gasteiger partial charge in [-0.1, -0.05) is 0 Å². The maximum atomic E-state index is 12.2. The summed E-state index contributed by atoms with van der Waals surface area (Å²) in [6.07, 6.45) is 1.59. The van der Waals surface area contributed by atoms with Crippen LogP contribution in [0.2, 0.25) is 0 Å². The highest BCUT2D eigenvalue weighted by molar-refractivity contribution is 6.21. The van der Waals surface area contributed by atoms with Gasteiger partial charge >= 0.3 is 0 Å². The number of carbonyl (C=O) groups is 4. The van der Waals surface area contributed by atoms with Crippen LogP contribution in [0.1, 0.15) is 39.5 Å². The van der Waals surface area contributed by atoms with E-state index in [1.54, 1.807) is 6.92 Å². The monoisotopic (exact) mass is 274 g/mol. The van der Waals surface area contributed by atoms with Gasteiger partial charge in [0.1, 0.15) is 6.04 Å². The number of carbonyl (C=O) groups excluding carboxylic acids is 4. The number of nitrogens with one attached hydrogen (secondary N) is 1. The SMILES string of the molecule is Cc1cnc2c(n1)C(=O)N(C1CCC(=O)NC1=O)C2=O. The lowest BCUT2D eigenvalue weighted by atomic mass is 10.0. The average molecular weight is 274 g/mol. The molecule has 1 atom stereocenters. The van der Waals surface area contributed by atoms with E-state index in [4.69, 9.17) is 0 Å². The van der Waals surface area contributed by atoms with E-state index in [2.05, 4.69) is 15.3 Å². The van der Waals surface area contributed by atoms with Crippen LogP contribution in [-0.2, 0) is 9.59 Å². The van der Waals surface area contributed by atoms with E-state index >= 15 is 0 Å². The first-order chi connectivity index (χ1) is 9.49. The Morgan fingerprint density at radius 2 is 1.90 bits per heavy atom. The molecular weight excluding hydrogens is 264 g/mol. The Morgan fingerprint density at radius 1 is 1.20 bits per heavy atom. The summed E-state index contributed by atoms with van der Waals surface area (Å²) >= 11 is 0. The van der Waals surface area contributed by atoms with Gasteiger partial charge in [0, 0.05) is 12.6 Å². The number of aromatic nitrogens is 2. The molecule has 1 aromatic heterocycles. The Labute approximate surface area is 113 Å². The van der Waals surface area contributed by atoms with Gasteiger partial charge in [-0.3, -0.25) is 29.4 Å². The maximum absolute atomic E-state index is 12.2. The van der Waals surface area contributed by atoms with Gasteiger partial charge in [-0.15, -0.1) is 0 Å². The molecule has 0 bridgehead atoms. The number of aryl methyl sites for hydroxylation is 1. The molecule has 4 amide bonds. The molecule has 0 radical (unpaired) electrons. The fraction of sp³-hybridized carbons (Fsp3) is 0.333. The van der Waals surface area contributed by atoms with E-state index in [0.717, 1.165) is 4.90 Å². The van der Waals surface area contributed by atoms with Gasteiger partial charge in [-0.2, -0.15) is 0 Å². The minimum Gasteiger partial charge on any atom is -0.295 e. The molecule has 3 heterocycles. The molecule has 2 aliphatic heterocycles.